The number of nitrogens with zero attached hydrogens (tertiary/aromatic N) is 3. The Labute approximate surface area is 139 Å². The van der Waals surface area contributed by atoms with Crippen LogP contribution in [0.5, 0.6) is 0 Å². The maximum absolute atomic E-state index is 12.0. The molecule has 2 heterocycles. The molecule has 6 nitrogen and oxygen atoms in total. The maximum atomic E-state index is 12.0. The number of imidazole rings is 1. The van der Waals surface area contributed by atoms with Gasteiger partial charge in [-0.05, 0) is 38.0 Å². The summed E-state index contributed by atoms with van der Waals surface area (Å²) in [4.78, 5) is 6.84. The van der Waals surface area contributed by atoms with E-state index in [0.717, 1.165) is 38.4 Å². The lowest BCUT2D eigenvalue weighted by molar-refractivity contribution is 0.296. The number of hydrogen-bond donors (Lipinski definition) is 1. The highest BCUT2D eigenvalue weighted by molar-refractivity contribution is 7.89. The molecule has 1 saturated heterocycles. The molecule has 3 rings (SSSR count). The molecule has 1 aromatic heterocycles. The zero-order chi connectivity index (χ0) is 16.4. The molecule has 2 atom stereocenters. The minimum atomic E-state index is -3.14. The molecule has 0 spiro atoms. The SMILES string of the molecule is CCCn1ccnc1CN1C[C@H](NS(=O)(=O)CC)[C@@H](C2CC2)C1. The summed E-state index contributed by atoms with van der Waals surface area (Å²) in [6.07, 6.45) is 7.47. The van der Waals surface area contributed by atoms with E-state index in [9.17, 15) is 8.42 Å². The fourth-order valence-electron chi connectivity index (χ4n) is 3.62. The van der Waals surface area contributed by atoms with Crippen LogP contribution in [0.25, 0.3) is 0 Å². The molecule has 1 aliphatic heterocycles. The molecule has 1 saturated carbocycles. The Morgan fingerprint density at radius 1 is 1.30 bits per heavy atom. The van der Waals surface area contributed by atoms with Crippen LogP contribution in [0.2, 0.25) is 0 Å². The number of sulfonamides is 1. The third-order valence-electron chi connectivity index (χ3n) is 5.01. The first-order valence-corrected chi connectivity index (χ1v) is 10.4. The van der Waals surface area contributed by atoms with Crippen molar-refractivity contribution in [2.45, 2.75) is 52.2 Å². The Morgan fingerprint density at radius 3 is 2.74 bits per heavy atom. The van der Waals surface area contributed by atoms with Gasteiger partial charge in [-0.15, -0.1) is 0 Å². The number of nitrogens with one attached hydrogen (secondary N) is 1. The lowest BCUT2D eigenvalue weighted by atomic mass is 9.99. The second kappa shape index (κ2) is 6.91. The standard InChI is InChI=1S/C16H28N4O2S/c1-3-8-20-9-7-17-16(20)12-19-10-14(13-5-6-13)15(11-19)18-23(21,22)4-2/h7,9,13-15,18H,3-6,8,10-12H2,1-2H3/t14-,15+/m1/s1. The summed E-state index contributed by atoms with van der Waals surface area (Å²) in [5.74, 6) is 2.38. The minimum absolute atomic E-state index is 0.0574. The Balaban J connectivity index is 1.66. The smallest absolute Gasteiger partial charge is 0.211 e. The molecule has 23 heavy (non-hydrogen) atoms. The zero-order valence-electron chi connectivity index (χ0n) is 14.1. The fourth-order valence-corrected chi connectivity index (χ4v) is 4.50. The Kier molecular flexibility index (Phi) is 5.08. The first kappa shape index (κ1) is 16.9. The van der Waals surface area contributed by atoms with Gasteiger partial charge < -0.3 is 4.57 Å². The quantitative estimate of drug-likeness (QED) is 0.778. The summed E-state index contributed by atoms with van der Waals surface area (Å²) in [6, 6.07) is 0.0574. The van der Waals surface area contributed by atoms with E-state index in [2.05, 4.69) is 26.1 Å². The molecule has 1 aromatic rings. The summed E-state index contributed by atoms with van der Waals surface area (Å²) in [5.41, 5.74) is 0. The molecular formula is C16H28N4O2S. The van der Waals surface area contributed by atoms with Gasteiger partial charge in [0.15, 0.2) is 0 Å². The van der Waals surface area contributed by atoms with Gasteiger partial charge >= 0.3 is 0 Å². The molecule has 0 radical (unpaired) electrons. The van der Waals surface area contributed by atoms with E-state index < -0.39 is 10.0 Å². The van der Waals surface area contributed by atoms with Gasteiger partial charge in [0.25, 0.3) is 0 Å². The van der Waals surface area contributed by atoms with Crippen LogP contribution in [0, 0.1) is 11.8 Å². The summed E-state index contributed by atoms with van der Waals surface area (Å²) < 4.78 is 29.1. The van der Waals surface area contributed by atoms with E-state index in [4.69, 9.17) is 0 Å². The predicted molar refractivity (Wildman–Crippen MR) is 90.4 cm³/mol. The van der Waals surface area contributed by atoms with E-state index in [-0.39, 0.29) is 11.8 Å². The molecule has 0 bridgehead atoms. The molecule has 2 aliphatic rings. The summed E-state index contributed by atoms with van der Waals surface area (Å²) in [6.45, 7) is 7.42. The van der Waals surface area contributed by atoms with Gasteiger partial charge in [-0.3, -0.25) is 4.90 Å². The van der Waals surface area contributed by atoms with Crippen LogP contribution in [-0.4, -0.2) is 47.8 Å². The number of aromatic nitrogens is 2. The van der Waals surface area contributed by atoms with Crippen molar-refractivity contribution in [3.8, 4) is 0 Å². The van der Waals surface area contributed by atoms with Crippen molar-refractivity contribution in [2.24, 2.45) is 11.8 Å². The number of hydrogen-bond acceptors (Lipinski definition) is 4. The lowest BCUT2D eigenvalue weighted by Crippen LogP contribution is -2.41. The molecule has 2 fully saturated rings. The highest BCUT2D eigenvalue weighted by Crippen LogP contribution is 2.41. The monoisotopic (exact) mass is 340 g/mol. The van der Waals surface area contributed by atoms with E-state index >= 15 is 0 Å². The van der Waals surface area contributed by atoms with E-state index in [0.29, 0.717) is 11.8 Å². The number of rotatable bonds is 8. The van der Waals surface area contributed by atoms with Gasteiger partial charge in [-0.1, -0.05) is 6.92 Å². The normalized spacial score (nSPS) is 26.0. The fraction of sp³-hybridized carbons (Fsp3) is 0.812. The van der Waals surface area contributed by atoms with Crippen LogP contribution < -0.4 is 4.72 Å². The average molecular weight is 340 g/mol. The van der Waals surface area contributed by atoms with E-state index in [1.165, 1.54) is 12.8 Å². The van der Waals surface area contributed by atoms with Crippen molar-refractivity contribution in [2.75, 3.05) is 18.8 Å². The Morgan fingerprint density at radius 2 is 2.09 bits per heavy atom. The molecule has 0 aromatic carbocycles. The third-order valence-corrected chi connectivity index (χ3v) is 6.43. The zero-order valence-corrected chi connectivity index (χ0v) is 14.9. The third kappa shape index (κ3) is 4.14. The molecule has 0 amide bonds. The van der Waals surface area contributed by atoms with Crippen LogP contribution in [0.1, 0.15) is 38.9 Å². The first-order chi connectivity index (χ1) is 11.0. The summed E-state index contributed by atoms with van der Waals surface area (Å²) in [7, 11) is -3.14. The summed E-state index contributed by atoms with van der Waals surface area (Å²) >= 11 is 0. The van der Waals surface area contributed by atoms with Gasteiger partial charge in [-0.25, -0.2) is 18.1 Å². The Bertz CT molecular complexity index is 624. The van der Waals surface area contributed by atoms with Gasteiger partial charge in [0, 0.05) is 38.1 Å². The van der Waals surface area contributed by atoms with Gasteiger partial charge in [0.05, 0.1) is 12.3 Å². The average Bonchev–Trinajstić information content (AvgIpc) is 3.16. The van der Waals surface area contributed by atoms with Crippen molar-refractivity contribution in [1.29, 1.82) is 0 Å². The number of aryl methyl sites for hydroxylation is 1. The first-order valence-electron chi connectivity index (χ1n) is 8.74. The van der Waals surface area contributed by atoms with Crippen molar-refractivity contribution >= 4 is 10.0 Å². The van der Waals surface area contributed by atoms with Crippen molar-refractivity contribution < 1.29 is 8.42 Å². The van der Waals surface area contributed by atoms with E-state index in [1.54, 1.807) is 6.92 Å². The summed E-state index contributed by atoms with van der Waals surface area (Å²) in [5, 5.41) is 0. The van der Waals surface area contributed by atoms with Crippen molar-refractivity contribution in [3.05, 3.63) is 18.2 Å². The highest BCUT2D eigenvalue weighted by atomic mass is 32.2. The molecular weight excluding hydrogens is 312 g/mol. The van der Waals surface area contributed by atoms with Crippen molar-refractivity contribution in [1.82, 2.24) is 19.2 Å². The number of likely N-dealkylation sites (tertiary alicyclic amines) is 1. The van der Waals surface area contributed by atoms with Gasteiger partial charge in [-0.2, -0.15) is 0 Å². The highest BCUT2D eigenvalue weighted by Gasteiger charge is 2.43. The van der Waals surface area contributed by atoms with Crippen molar-refractivity contribution in [3.63, 3.8) is 0 Å². The van der Waals surface area contributed by atoms with E-state index in [1.807, 2.05) is 12.4 Å². The largest absolute Gasteiger partial charge is 0.334 e. The molecule has 130 valence electrons. The van der Waals surface area contributed by atoms with Crippen LogP contribution >= 0.6 is 0 Å². The molecule has 1 N–H and O–H groups in total. The molecule has 0 unspecified atom stereocenters. The lowest BCUT2D eigenvalue weighted by Gasteiger charge is -2.18. The Hall–Kier alpha value is -0.920. The second-order valence-electron chi connectivity index (χ2n) is 6.86. The van der Waals surface area contributed by atoms with Gasteiger partial charge in [0.1, 0.15) is 5.82 Å². The van der Waals surface area contributed by atoms with Gasteiger partial charge in [0.2, 0.25) is 10.0 Å². The van der Waals surface area contributed by atoms with Crippen LogP contribution in [0.4, 0.5) is 0 Å². The topological polar surface area (TPSA) is 67.2 Å². The molecule has 7 heteroatoms. The van der Waals surface area contributed by atoms with Crippen LogP contribution in [0.15, 0.2) is 12.4 Å². The van der Waals surface area contributed by atoms with Crippen LogP contribution in [-0.2, 0) is 23.1 Å². The molecule has 1 aliphatic carbocycles. The minimum Gasteiger partial charge on any atom is -0.334 e. The van der Waals surface area contributed by atoms with Crippen LogP contribution in [0.3, 0.4) is 0 Å². The second-order valence-corrected chi connectivity index (χ2v) is 8.90. The maximum Gasteiger partial charge on any atom is 0.211 e. The predicted octanol–water partition coefficient (Wildman–Crippen LogP) is 1.44.